The van der Waals surface area contributed by atoms with Crippen LogP contribution < -0.4 is 9.47 Å². The lowest BCUT2D eigenvalue weighted by atomic mass is 9.97. The number of ether oxygens (including phenoxy) is 3. The van der Waals surface area contributed by atoms with Crippen LogP contribution >= 0.6 is 0 Å². The van der Waals surface area contributed by atoms with Crippen molar-refractivity contribution in [2.75, 3.05) is 33.0 Å². The zero-order chi connectivity index (χ0) is 15.6. The number of amides is 1. The van der Waals surface area contributed by atoms with Gasteiger partial charge in [0.2, 0.25) is 5.91 Å². The van der Waals surface area contributed by atoms with E-state index in [1.165, 1.54) is 0 Å². The van der Waals surface area contributed by atoms with Crippen LogP contribution in [0.15, 0.2) is 18.2 Å². The standard InChI is InChI=1S/C18H23NO4/c20-18(13-5-8-21-9-6-13)19-7-1-2-15(19)14-3-4-16-17(12-14)23-11-10-22-16/h3-4,12-13,15H,1-2,5-11H2. The van der Waals surface area contributed by atoms with Gasteiger partial charge in [-0.15, -0.1) is 0 Å². The Bertz CT molecular complexity index is 582. The third-order valence-corrected chi connectivity index (χ3v) is 5.06. The normalized spacial score (nSPS) is 24.7. The predicted molar refractivity (Wildman–Crippen MR) is 84.7 cm³/mol. The maximum atomic E-state index is 12.9. The zero-order valence-corrected chi connectivity index (χ0v) is 13.3. The molecule has 0 saturated carbocycles. The van der Waals surface area contributed by atoms with Crippen molar-refractivity contribution in [3.63, 3.8) is 0 Å². The molecule has 0 aromatic heterocycles. The molecule has 2 fully saturated rings. The highest BCUT2D eigenvalue weighted by atomic mass is 16.6. The summed E-state index contributed by atoms with van der Waals surface area (Å²) in [6.45, 7) is 3.46. The maximum Gasteiger partial charge on any atom is 0.226 e. The fourth-order valence-electron chi connectivity index (χ4n) is 3.82. The molecule has 4 rings (SSSR count). The van der Waals surface area contributed by atoms with Gasteiger partial charge >= 0.3 is 0 Å². The Balaban J connectivity index is 1.54. The number of likely N-dealkylation sites (tertiary alicyclic amines) is 1. The van der Waals surface area contributed by atoms with E-state index in [0.29, 0.717) is 32.3 Å². The molecule has 0 aliphatic carbocycles. The Hall–Kier alpha value is -1.75. The summed E-state index contributed by atoms with van der Waals surface area (Å²) < 4.78 is 16.7. The lowest BCUT2D eigenvalue weighted by molar-refractivity contribution is -0.139. The van der Waals surface area contributed by atoms with Gasteiger partial charge in [0.15, 0.2) is 11.5 Å². The van der Waals surface area contributed by atoms with Gasteiger partial charge in [-0.1, -0.05) is 6.07 Å². The summed E-state index contributed by atoms with van der Waals surface area (Å²) in [5.74, 6) is 2.03. The summed E-state index contributed by atoms with van der Waals surface area (Å²) in [6, 6.07) is 6.27. The van der Waals surface area contributed by atoms with Crippen LogP contribution in [0.2, 0.25) is 0 Å². The minimum Gasteiger partial charge on any atom is -0.486 e. The predicted octanol–water partition coefficient (Wildman–Crippen LogP) is 2.55. The van der Waals surface area contributed by atoms with E-state index in [-0.39, 0.29) is 12.0 Å². The van der Waals surface area contributed by atoms with Crippen molar-refractivity contribution in [1.82, 2.24) is 4.90 Å². The lowest BCUT2D eigenvalue weighted by Crippen LogP contribution is -2.38. The van der Waals surface area contributed by atoms with Crippen molar-refractivity contribution in [3.05, 3.63) is 23.8 Å². The van der Waals surface area contributed by atoms with E-state index in [4.69, 9.17) is 14.2 Å². The van der Waals surface area contributed by atoms with Crippen molar-refractivity contribution < 1.29 is 19.0 Å². The first kappa shape index (κ1) is 14.8. The van der Waals surface area contributed by atoms with E-state index >= 15 is 0 Å². The Kier molecular flexibility index (Phi) is 4.12. The number of rotatable bonds is 2. The molecule has 2 saturated heterocycles. The molecule has 23 heavy (non-hydrogen) atoms. The van der Waals surface area contributed by atoms with Crippen molar-refractivity contribution in [2.45, 2.75) is 31.7 Å². The summed E-state index contributed by atoms with van der Waals surface area (Å²) in [5, 5.41) is 0. The van der Waals surface area contributed by atoms with Gasteiger partial charge < -0.3 is 19.1 Å². The third-order valence-electron chi connectivity index (χ3n) is 5.06. The van der Waals surface area contributed by atoms with Gasteiger partial charge in [0, 0.05) is 25.7 Å². The molecule has 0 spiro atoms. The molecule has 1 aromatic carbocycles. The summed E-state index contributed by atoms with van der Waals surface area (Å²) in [5.41, 5.74) is 1.16. The quantitative estimate of drug-likeness (QED) is 0.841. The first-order valence-corrected chi connectivity index (χ1v) is 8.61. The zero-order valence-electron chi connectivity index (χ0n) is 13.3. The van der Waals surface area contributed by atoms with Crippen LogP contribution in [-0.2, 0) is 9.53 Å². The third kappa shape index (κ3) is 2.90. The summed E-state index contributed by atoms with van der Waals surface area (Å²) >= 11 is 0. The van der Waals surface area contributed by atoms with Crippen LogP contribution in [0, 0.1) is 5.92 Å². The van der Waals surface area contributed by atoms with Crippen LogP contribution in [-0.4, -0.2) is 43.8 Å². The fraction of sp³-hybridized carbons (Fsp3) is 0.611. The Morgan fingerprint density at radius 2 is 1.78 bits per heavy atom. The molecule has 3 heterocycles. The molecule has 3 aliphatic heterocycles. The molecule has 5 heteroatoms. The number of benzene rings is 1. The van der Waals surface area contributed by atoms with Gasteiger partial charge in [-0.3, -0.25) is 4.79 Å². The second kappa shape index (κ2) is 6.40. The van der Waals surface area contributed by atoms with Gasteiger partial charge in [0.25, 0.3) is 0 Å². The summed E-state index contributed by atoms with van der Waals surface area (Å²) in [6.07, 6.45) is 3.79. The Morgan fingerprint density at radius 3 is 2.61 bits per heavy atom. The van der Waals surface area contributed by atoms with Crippen molar-refractivity contribution in [2.24, 2.45) is 5.92 Å². The number of nitrogens with zero attached hydrogens (tertiary/aromatic N) is 1. The van der Waals surface area contributed by atoms with E-state index in [1.54, 1.807) is 0 Å². The number of carbonyl (C=O) groups is 1. The highest BCUT2D eigenvalue weighted by molar-refractivity contribution is 5.79. The van der Waals surface area contributed by atoms with Crippen molar-refractivity contribution in [1.29, 1.82) is 0 Å². The largest absolute Gasteiger partial charge is 0.486 e. The molecule has 1 atom stereocenters. The first-order valence-electron chi connectivity index (χ1n) is 8.61. The Morgan fingerprint density at radius 1 is 1.00 bits per heavy atom. The van der Waals surface area contributed by atoms with Gasteiger partial charge in [-0.2, -0.15) is 0 Å². The summed E-state index contributed by atoms with van der Waals surface area (Å²) in [7, 11) is 0. The SMILES string of the molecule is O=C(C1CCOCC1)N1CCCC1c1ccc2c(c1)OCCO2. The van der Waals surface area contributed by atoms with Gasteiger partial charge in [-0.05, 0) is 43.4 Å². The van der Waals surface area contributed by atoms with E-state index in [0.717, 1.165) is 49.3 Å². The van der Waals surface area contributed by atoms with E-state index in [9.17, 15) is 4.79 Å². The maximum absolute atomic E-state index is 12.9. The smallest absolute Gasteiger partial charge is 0.226 e. The molecular weight excluding hydrogens is 294 g/mol. The van der Waals surface area contributed by atoms with E-state index < -0.39 is 0 Å². The number of hydrogen-bond acceptors (Lipinski definition) is 4. The van der Waals surface area contributed by atoms with E-state index in [2.05, 4.69) is 17.0 Å². The minimum atomic E-state index is 0.126. The van der Waals surface area contributed by atoms with E-state index in [1.807, 2.05) is 6.07 Å². The monoisotopic (exact) mass is 317 g/mol. The van der Waals surface area contributed by atoms with Crippen LogP contribution in [0.1, 0.15) is 37.3 Å². The molecule has 124 valence electrons. The average Bonchev–Trinajstić information content (AvgIpc) is 3.11. The molecule has 1 amide bonds. The lowest BCUT2D eigenvalue weighted by Gasteiger charge is -2.31. The van der Waals surface area contributed by atoms with Gasteiger partial charge in [0.1, 0.15) is 13.2 Å². The molecule has 0 N–H and O–H groups in total. The van der Waals surface area contributed by atoms with Crippen LogP contribution in [0.4, 0.5) is 0 Å². The number of hydrogen-bond donors (Lipinski definition) is 0. The van der Waals surface area contributed by atoms with Crippen molar-refractivity contribution >= 4 is 5.91 Å². The van der Waals surface area contributed by atoms with Crippen LogP contribution in [0.5, 0.6) is 11.5 Å². The highest BCUT2D eigenvalue weighted by Crippen LogP contribution is 2.39. The van der Waals surface area contributed by atoms with Crippen LogP contribution in [0.3, 0.4) is 0 Å². The topological polar surface area (TPSA) is 48.0 Å². The van der Waals surface area contributed by atoms with Crippen LogP contribution in [0.25, 0.3) is 0 Å². The number of carbonyl (C=O) groups excluding carboxylic acids is 1. The molecular formula is C18H23NO4. The molecule has 0 radical (unpaired) electrons. The average molecular weight is 317 g/mol. The number of fused-ring (bicyclic) bond motifs is 1. The molecule has 5 nitrogen and oxygen atoms in total. The van der Waals surface area contributed by atoms with Gasteiger partial charge in [0.05, 0.1) is 6.04 Å². The molecule has 3 aliphatic rings. The minimum absolute atomic E-state index is 0.126. The first-order chi connectivity index (χ1) is 11.3. The molecule has 1 aromatic rings. The second-order valence-electron chi connectivity index (χ2n) is 6.48. The Labute approximate surface area is 136 Å². The summed E-state index contributed by atoms with van der Waals surface area (Å²) in [4.78, 5) is 15.0. The van der Waals surface area contributed by atoms with Crippen molar-refractivity contribution in [3.8, 4) is 11.5 Å². The highest BCUT2D eigenvalue weighted by Gasteiger charge is 2.35. The fourth-order valence-corrected chi connectivity index (χ4v) is 3.82. The molecule has 1 unspecified atom stereocenters. The van der Waals surface area contributed by atoms with Gasteiger partial charge in [-0.25, -0.2) is 0 Å². The molecule has 0 bridgehead atoms. The second-order valence-corrected chi connectivity index (χ2v) is 6.48.